The minimum atomic E-state index is -0.0956. The SMILES string of the molecule is CCCCCCCCCCCCCCCCOC[N+](C)(C)Cc1cc(C(C)(C)C)c(O)c(C(C)(C)C)c1. The van der Waals surface area contributed by atoms with E-state index in [1.54, 1.807) is 0 Å². The zero-order valence-corrected chi connectivity index (χ0v) is 26.5. The third-order valence-corrected chi connectivity index (χ3v) is 7.48. The van der Waals surface area contributed by atoms with Gasteiger partial charge in [-0.2, -0.15) is 0 Å². The molecule has 216 valence electrons. The van der Waals surface area contributed by atoms with Gasteiger partial charge in [-0.3, -0.25) is 0 Å². The molecule has 1 N–H and O–H groups in total. The van der Waals surface area contributed by atoms with Crippen LogP contribution >= 0.6 is 0 Å². The van der Waals surface area contributed by atoms with E-state index in [1.807, 2.05) is 0 Å². The number of phenols is 1. The number of benzene rings is 1. The minimum absolute atomic E-state index is 0.0956. The van der Waals surface area contributed by atoms with Crippen LogP contribution in [0.25, 0.3) is 0 Å². The second-order valence-corrected chi connectivity index (χ2v) is 14.3. The van der Waals surface area contributed by atoms with Gasteiger partial charge in [0.05, 0.1) is 20.7 Å². The van der Waals surface area contributed by atoms with Crippen molar-refractivity contribution in [2.24, 2.45) is 0 Å². The molecule has 0 bridgehead atoms. The third kappa shape index (κ3) is 14.6. The lowest BCUT2D eigenvalue weighted by Crippen LogP contribution is -2.41. The van der Waals surface area contributed by atoms with Crippen LogP contribution in [0.2, 0.25) is 0 Å². The molecule has 0 atom stereocenters. The number of hydrogen-bond acceptors (Lipinski definition) is 2. The van der Waals surface area contributed by atoms with Crippen molar-refractivity contribution in [1.82, 2.24) is 0 Å². The molecule has 0 radical (unpaired) electrons. The molecule has 0 saturated carbocycles. The summed E-state index contributed by atoms with van der Waals surface area (Å²) >= 11 is 0. The largest absolute Gasteiger partial charge is 0.507 e. The van der Waals surface area contributed by atoms with Crippen molar-refractivity contribution in [2.45, 2.75) is 156 Å². The van der Waals surface area contributed by atoms with E-state index in [0.29, 0.717) is 5.75 Å². The lowest BCUT2D eigenvalue weighted by molar-refractivity contribution is -0.922. The highest BCUT2D eigenvalue weighted by atomic mass is 16.5. The van der Waals surface area contributed by atoms with Gasteiger partial charge in [0.2, 0.25) is 0 Å². The molecule has 1 aromatic carbocycles. The van der Waals surface area contributed by atoms with Crippen molar-refractivity contribution in [3.05, 3.63) is 28.8 Å². The first-order valence-corrected chi connectivity index (χ1v) is 15.5. The summed E-state index contributed by atoms with van der Waals surface area (Å²) in [4.78, 5) is 0. The lowest BCUT2D eigenvalue weighted by Gasteiger charge is -2.32. The van der Waals surface area contributed by atoms with E-state index >= 15 is 0 Å². The molecule has 0 aromatic heterocycles. The average Bonchev–Trinajstić information content (AvgIpc) is 2.78. The van der Waals surface area contributed by atoms with E-state index in [1.165, 1.54) is 95.5 Å². The summed E-state index contributed by atoms with van der Waals surface area (Å²) in [7, 11) is 4.48. The monoisotopic (exact) mass is 518 g/mol. The molecule has 0 spiro atoms. The number of quaternary nitrogens is 1. The van der Waals surface area contributed by atoms with Crippen LogP contribution in [-0.2, 0) is 22.1 Å². The fraction of sp³-hybridized carbons (Fsp3) is 0.824. The normalized spacial score (nSPS) is 12.9. The zero-order chi connectivity index (χ0) is 28.0. The number of ether oxygens (including phenoxy) is 1. The molecule has 0 aliphatic rings. The molecule has 0 aliphatic carbocycles. The van der Waals surface area contributed by atoms with E-state index in [4.69, 9.17) is 4.74 Å². The molecule has 0 unspecified atom stereocenters. The lowest BCUT2D eigenvalue weighted by atomic mass is 9.78. The second kappa shape index (κ2) is 16.8. The Balaban J connectivity index is 2.29. The predicted molar refractivity (Wildman–Crippen MR) is 162 cm³/mol. The summed E-state index contributed by atoms with van der Waals surface area (Å²) in [5.41, 5.74) is 3.16. The first kappa shape index (κ1) is 34.0. The molecular formula is C34H64NO2+. The highest BCUT2D eigenvalue weighted by Crippen LogP contribution is 2.40. The molecule has 37 heavy (non-hydrogen) atoms. The second-order valence-electron chi connectivity index (χ2n) is 14.3. The van der Waals surface area contributed by atoms with Gasteiger partial charge >= 0.3 is 0 Å². The Morgan fingerprint density at radius 2 is 1.03 bits per heavy atom. The van der Waals surface area contributed by atoms with E-state index in [2.05, 4.69) is 74.7 Å². The standard InChI is InChI=1S/C34H63NO2/c1-10-11-12-13-14-15-16-17-18-19-20-21-22-23-24-37-28-35(8,9)27-29-25-30(33(2,3)4)32(36)31(26-29)34(5,6)7/h25-26H,10-24,27-28H2,1-9H3/p+1. The Bertz CT molecular complexity index is 704. The van der Waals surface area contributed by atoms with Crippen LogP contribution in [0.5, 0.6) is 5.75 Å². The smallest absolute Gasteiger partial charge is 0.182 e. The van der Waals surface area contributed by atoms with Crippen LogP contribution < -0.4 is 0 Å². The number of nitrogens with zero attached hydrogens (tertiary/aromatic N) is 1. The van der Waals surface area contributed by atoms with Crippen molar-refractivity contribution >= 4 is 0 Å². The molecule has 1 rings (SSSR count). The van der Waals surface area contributed by atoms with Gasteiger partial charge in [0, 0.05) is 16.7 Å². The van der Waals surface area contributed by atoms with Crippen molar-refractivity contribution in [1.29, 1.82) is 0 Å². The van der Waals surface area contributed by atoms with Crippen LogP contribution in [0.3, 0.4) is 0 Å². The van der Waals surface area contributed by atoms with E-state index in [0.717, 1.165) is 35.5 Å². The van der Waals surface area contributed by atoms with Gasteiger partial charge in [-0.15, -0.1) is 0 Å². The number of rotatable bonds is 19. The highest BCUT2D eigenvalue weighted by molar-refractivity contribution is 5.49. The molecule has 0 fully saturated rings. The third-order valence-electron chi connectivity index (χ3n) is 7.48. The van der Waals surface area contributed by atoms with Gasteiger partial charge in [0.25, 0.3) is 0 Å². The summed E-state index contributed by atoms with van der Waals surface area (Å²) < 4.78 is 6.91. The van der Waals surface area contributed by atoms with Gasteiger partial charge in [0.15, 0.2) is 6.73 Å². The molecule has 0 saturated heterocycles. The Morgan fingerprint density at radius 3 is 1.41 bits per heavy atom. The van der Waals surface area contributed by atoms with Crippen molar-refractivity contribution < 1.29 is 14.3 Å². The molecule has 1 aromatic rings. The van der Waals surface area contributed by atoms with E-state index in [9.17, 15) is 5.11 Å². The Kier molecular flexibility index (Phi) is 15.4. The quantitative estimate of drug-likeness (QED) is 0.112. The van der Waals surface area contributed by atoms with Crippen LogP contribution in [0, 0.1) is 0 Å². The first-order chi connectivity index (χ1) is 17.3. The van der Waals surface area contributed by atoms with Crippen molar-refractivity contribution in [3.8, 4) is 5.75 Å². The maximum absolute atomic E-state index is 11.0. The molecular weight excluding hydrogens is 454 g/mol. The number of unbranched alkanes of at least 4 members (excludes halogenated alkanes) is 13. The molecule has 0 amide bonds. The average molecular weight is 519 g/mol. The topological polar surface area (TPSA) is 29.5 Å². The maximum Gasteiger partial charge on any atom is 0.182 e. The van der Waals surface area contributed by atoms with Gasteiger partial charge in [-0.05, 0) is 29.4 Å². The fourth-order valence-electron chi connectivity index (χ4n) is 5.18. The minimum Gasteiger partial charge on any atom is -0.507 e. The van der Waals surface area contributed by atoms with Gasteiger partial charge in [-0.25, -0.2) is 0 Å². The summed E-state index contributed by atoms with van der Waals surface area (Å²) in [5, 5.41) is 11.0. The summed E-state index contributed by atoms with van der Waals surface area (Å²) in [5.74, 6) is 0.461. The maximum atomic E-state index is 11.0. The van der Waals surface area contributed by atoms with Gasteiger partial charge < -0.3 is 14.3 Å². The number of aromatic hydroxyl groups is 1. The van der Waals surface area contributed by atoms with Gasteiger partial charge in [-0.1, -0.05) is 132 Å². The predicted octanol–water partition coefficient (Wildman–Crippen LogP) is 10.0. The van der Waals surface area contributed by atoms with Crippen LogP contribution in [-0.4, -0.2) is 37.0 Å². The Morgan fingerprint density at radius 1 is 0.649 bits per heavy atom. The van der Waals surface area contributed by atoms with Crippen molar-refractivity contribution in [2.75, 3.05) is 27.4 Å². The Hall–Kier alpha value is -1.06. The number of phenolic OH excluding ortho intramolecular Hbond substituents is 1. The molecule has 0 heterocycles. The molecule has 3 nitrogen and oxygen atoms in total. The molecule has 0 aliphatic heterocycles. The van der Waals surface area contributed by atoms with Crippen molar-refractivity contribution in [3.63, 3.8) is 0 Å². The molecule has 3 heteroatoms. The van der Waals surface area contributed by atoms with E-state index in [-0.39, 0.29) is 10.8 Å². The summed E-state index contributed by atoms with van der Waals surface area (Å²) in [6.07, 6.45) is 19.4. The van der Waals surface area contributed by atoms with Crippen LogP contribution in [0.15, 0.2) is 12.1 Å². The van der Waals surface area contributed by atoms with Crippen LogP contribution in [0.4, 0.5) is 0 Å². The summed E-state index contributed by atoms with van der Waals surface area (Å²) in [6.45, 7) is 17.8. The fourth-order valence-corrected chi connectivity index (χ4v) is 5.18. The zero-order valence-electron chi connectivity index (χ0n) is 26.5. The van der Waals surface area contributed by atoms with E-state index < -0.39 is 0 Å². The Labute approximate surface area is 232 Å². The first-order valence-electron chi connectivity index (χ1n) is 15.5. The number of hydrogen-bond donors (Lipinski definition) is 1. The van der Waals surface area contributed by atoms with Gasteiger partial charge in [0.1, 0.15) is 12.3 Å². The van der Waals surface area contributed by atoms with Crippen LogP contribution in [0.1, 0.15) is 155 Å². The highest BCUT2D eigenvalue weighted by Gasteiger charge is 2.28. The summed E-state index contributed by atoms with van der Waals surface area (Å²) in [6, 6.07) is 4.41.